The van der Waals surface area contributed by atoms with Gasteiger partial charge in [-0.15, -0.1) is 0 Å². The molecular formula is C14H19N3O2. The van der Waals surface area contributed by atoms with Gasteiger partial charge < -0.3 is 19.8 Å². The van der Waals surface area contributed by atoms with Crippen molar-refractivity contribution in [2.45, 2.75) is 6.42 Å². The second-order valence-electron chi connectivity index (χ2n) is 4.27. The van der Waals surface area contributed by atoms with Crippen molar-refractivity contribution in [3.8, 4) is 22.9 Å². The highest BCUT2D eigenvalue weighted by Crippen LogP contribution is 2.32. The van der Waals surface area contributed by atoms with Crippen LogP contribution in [0.1, 0.15) is 5.69 Å². The van der Waals surface area contributed by atoms with E-state index < -0.39 is 0 Å². The van der Waals surface area contributed by atoms with Gasteiger partial charge in [0.1, 0.15) is 17.3 Å². The van der Waals surface area contributed by atoms with Crippen LogP contribution in [0.3, 0.4) is 0 Å². The van der Waals surface area contributed by atoms with E-state index in [9.17, 15) is 0 Å². The number of methoxy groups -OCH3 is 2. The first-order chi connectivity index (χ1) is 9.19. The highest BCUT2D eigenvalue weighted by Gasteiger charge is 2.13. The van der Waals surface area contributed by atoms with E-state index in [4.69, 9.17) is 15.2 Å². The van der Waals surface area contributed by atoms with E-state index in [1.165, 1.54) is 0 Å². The fourth-order valence-electron chi connectivity index (χ4n) is 2.04. The van der Waals surface area contributed by atoms with Crippen molar-refractivity contribution in [1.29, 1.82) is 0 Å². The van der Waals surface area contributed by atoms with Crippen molar-refractivity contribution in [2.75, 3.05) is 20.8 Å². The Balaban J connectivity index is 2.50. The summed E-state index contributed by atoms with van der Waals surface area (Å²) < 4.78 is 12.6. The molecule has 5 nitrogen and oxygen atoms in total. The average Bonchev–Trinajstić information content (AvgIpc) is 2.79. The van der Waals surface area contributed by atoms with Crippen LogP contribution >= 0.6 is 0 Å². The molecule has 5 heteroatoms. The number of hydrogen-bond acceptors (Lipinski definition) is 4. The van der Waals surface area contributed by atoms with Gasteiger partial charge in [-0.05, 0) is 24.7 Å². The molecule has 2 aromatic rings. The molecule has 0 aliphatic heterocycles. The molecule has 1 aromatic carbocycles. The lowest BCUT2D eigenvalue weighted by Gasteiger charge is -2.10. The number of aromatic nitrogens is 2. The molecule has 0 saturated carbocycles. The fourth-order valence-corrected chi connectivity index (χ4v) is 2.04. The zero-order valence-corrected chi connectivity index (χ0v) is 11.5. The first-order valence-corrected chi connectivity index (χ1v) is 6.14. The summed E-state index contributed by atoms with van der Waals surface area (Å²) in [6.07, 6.45) is 2.75. The lowest BCUT2D eigenvalue weighted by atomic mass is 10.1. The lowest BCUT2D eigenvalue weighted by Crippen LogP contribution is -2.02. The Labute approximate surface area is 113 Å². The van der Waals surface area contributed by atoms with E-state index in [0.29, 0.717) is 6.54 Å². The monoisotopic (exact) mass is 261 g/mol. The van der Waals surface area contributed by atoms with E-state index in [2.05, 4.69) is 4.98 Å². The molecule has 19 heavy (non-hydrogen) atoms. The Morgan fingerprint density at radius 1 is 1.26 bits per heavy atom. The third kappa shape index (κ3) is 2.71. The summed E-state index contributed by atoms with van der Waals surface area (Å²) in [5.41, 5.74) is 7.45. The highest BCUT2D eigenvalue weighted by molar-refractivity contribution is 5.67. The number of rotatable bonds is 5. The van der Waals surface area contributed by atoms with Crippen molar-refractivity contribution in [1.82, 2.24) is 9.55 Å². The number of imidazole rings is 1. The molecule has 1 heterocycles. The van der Waals surface area contributed by atoms with Gasteiger partial charge in [-0.2, -0.15) is 0 Å². The van der Waals surface area contributed by atoms with Crippen LogP contribution in [0, 0.1) is 0 Å². The molecule has 102 valence electrons. The Kier molecular flexibility index (Phi) is 4.06. The molecule has 0 aliphatic rings. The van der Waals surface area contributed by atoms with E-state index in [1.807, 2.05) is 36.0 Å². The molecule has 2 N–H and O–H groups in total. The van der Waals surface area contributed by atoms with E-state index >= 15 is 0 Å². The van der Waals surface area contributed by atoms with Crippen molar-refractivity contribution in [3.63, 3.8) is 0 Å². The minimum Gasteiger partial charge on any atom is -0.497 e. The topological polar surface area (TPSA) is 62.3 Å². The highest BCUT2D eigenvalue weighted by atomic mass is 16.5. The van der Waals surface area contributed by atoms with Crippen LogP contribution in [0.2, 0.25) is 0 Å². The molecule has 0 unspecified atom stereocenters. The van der Waals surface area contributed by atoms with Crippen molar-refractivity contribution < 1.29 is 9.47 Å². The molecular weight excluding hydrogens is 242 g/mol. The van der Waals surface area contributed by atoms with E-state index in [0.717, 1.165) is 35.0 Å². The van der Waals surface area contributed by atoms with Crippen molar-refractivity contribution in [3.05, 3.63) is 30.1 Å². The predicted molar refractivity (Wildman–Crippen MR) is 74.5 cm³/mol. The number of hydrogen-bond donors (Lipinski definition) is 1. The molecule has 0 bridgehead atoms. The minimum atomic E-state index is 0.589. The average molecular weight is 261 g/mol. The van der Waals surface area contributed by atoms with Gasteiger partial charge in [0.15, 0.2) is 0 Å². The Morgan fingerprint density at radius 2 is 2.05 bits per heavy atom. The predicted octanol–water partition coefficient (Wildman–Crippen LogP) is 1.61. The number of nitrogens with two attached hydrogens (primary N) is 1. The number of aryl methyl sites for hydroxylation is 1. The van der Waals surface area contributed by atoms with Crippen LogP contribution in [-0.4, -0.2) is 30.3 Å². The quantitative estimate of drug-likeness (QED) is 0.888. The van der Waals surface area contributed by atoms with E-state index in [1.54, 1.807) is 14.2 Å². The van der Waals surface area contributed by atoms with Crippen molar-refractivity contribution >= 4 is 0 Å². The molecule has 0 amide bonds. The van der Waals surface area contributed by atoms with Gasteiger partial charge in [0.2, 0.25) is 0 Å². The first-order valence-electron chi connectivity index (χ1n) is 6.14. The molecule has 0 fully saturated rings. The fraction of sp³-hybridized carbons (Fsp3) is 0.357. The zero-order valence-electron chi connectivity index (χ0n) is 11.5. The summed E-state index contributed by atoms with van der Waals surface area (Å²) in [4.78, 5) is 4.60. The molecule has 0 radical (unpaired) electrons. The molecule has 0 atom stereocenters. The molecule has 0 aliphatic carbocycles. The van der Waals surface area contributed by atoms with E-state index in [-0.39, 0.29) is 0 Å². The molecule has 1 aromatic heterocycles. The number of ether oxygens (including phenoxy) is 2. The summed E-state index contributed by atoms with van der Waals surface area (Å²) >= 11 is 0. The maximum Gasteiger partial charge on any atom is 0.143 e. The summed E-state index contributed by atoms with van der Waals surface area (Å²) in [6.45, 7) is 0.589. The van der Waals surface area contributed by atoms with Gasteiger partial charge in [-0.3, -0.25) is 0 Å². The van der Waals surface area contributed by atoms with Gasteiger partial charge in [-0.25, -0.2) is 4.98 Å². The second-order valence-corrected chi connectivity index (χ2v) is 4.27. The summed E-state index contributed by atoms with van der Waals surface area (Å²) in [5.74, 6) is 2.40. The van der Waals surface area contributed by atoms with Crippen LogP contribution in [0.15, 0.2) is 24.4 Å². The standard InChI is InChI=1S/C14H19N3O2/c1-17-9-10(6-7-15)16-14(17)12-8-11(18-2)4-5-13(12)19-3/h4-5,8-9H,6-7,15H2,1-3H3. The Bertz CT molecular complexity index is 564. The summed E-state index contributed by atoms with van der Waals surface area (Å²) in [5, 5.41) is 0. The van der Waals surface area contributed by atoms with Gasteiger partial charge in [0.05, 0.1) is 25.5 Å². The third-order valence-corrected chi connectivity index (χ3v) is 2.97. The molecule has 2 rings (SSSR count). The van der Waals surface area contributed by atoms with Gasteiger partial charge in [-0.1, -0.05) is 0 Å². The largest absolute Gasteiger partial charge is 0.497 e. The smallest absolute Gasteiger partial charge is 0.143 e. The van der Waals surface area contributed by atoms with Crippen LogP contribution < -0.4 is 15.2 Å². The van der Waals surface area contributed by atoms with Crippen LogP contribution in [0.4, 0.5) is 0 Å². The Morgan fingerprint density at radius 3 is 2.68 bits per heavy atom. The molecule has 0 spiro atoms. The Hall–Kier alpha value is -2.01. The molecule has 0 saturated heterocycles. The minimum absolute atomic E-state index is 0.589. The maximum atomic E-state index is 5.57. The van der Waals surface area contributed by atoms with Crippen LogP contribution in [0.25, 0.3) is 11.4 Å². The first kappa shape index (κ1) is 13.4. The SMILES string of the molecule is COc1ccc(OC)c(-c2nc(CCN)cn2C)c1. The number of benzene rings is 1. The van der Waals surface area contributed by atoms with Crippen LogP contribution in [0.5, 0.6) is 11.5 Å². The third-order valence-electron chi connectivity index (χ3n) is 2.97. The van der Waals surface area contributed by atoms with Crippen LogP contribution in [-0.2, 0) is 13.5 Å². The summed E-state index contributed by atoms with van der Waals surface area (Å²) in [7, 11) is 5.25. The van der Waals surface area contributed by atoms with Gasteiger partial charge >= 0.3 is 0 Å². The second kappa shape index (κ2) is 5.75. The number of nitrogens with zero attached hydrogens (tertiary/aromatic N) is 2. The maximum absolute atomic E-state index is 5.57. The lowest BCUT2D eigenvalue weighted by molar-refractivity contribution is 0.404. The van der Waals surface area contributed by atoms with Gasteiger partial charge in [0, 0.05) is 19.7 Å². The van der Waals surface area contributed by atoms with Crippen molar-refractivity contribution in [2.24, 2.45) is 12.8 Å². The zero-order chi connectivity index (χ0) is 13.8. The normalized spacial score (nSPS) is 10.5. The van der Waals surface area contributed by atoms with Gasteiger partial charge in [0.25, 0.3) is 0 Å². The summed E-state index contributed by atoms with van der Waals surface area (Å²) in [6, 6.07) is 5.67.